The third-order valence-electron chi connectivity index (χ3n) is 3.73. The van der Waals surface area contributed by atoms with Crippen LogP contribution < -0.4 is 11.1 Å². The molecule has 6 heteroatoms. The van der Waals surface area contributed by atoms with E-state index in [1.165, 1.54) is 0 Å². The zero-order valence-corrected chi connectivity index (χ0v) is 11.5. The minimum atomic E-state index is -0.908. The number of nitrogens with two attached hydrogens (primary N) is 1. The highest BCUT2D eigenvalue weighted by Crippen LogP contribution is 2.18. The van der Waals surface area contributed by atoms with Crippen LogP contribution in [0.25, 0.3) is 0 Å². The van der Waals surface area contributed by atoms with Gasteiger partial charge >= 0.3 is 0 Å². The zero-order chi connectivity index (χ0) is 14.7. The van der Waals surface area contributed by atoms with E-state index >= 15 is 0 Å². The van der Waals surface area contributed by atoms with E-state index in [0.29, 0.717) is 12.5 Å². The summed E-state index contributed by atoms with van der Waals surface area (Å²) in [5, 5.41) is 2.73. The lowest BCUT2D eigenvalue weighted by molar-refractivity contribution is 0.0938. The minimum Gasteiger partial charge on any atom is -0.394 e. The maximum absolute atomic E-state index is 13.3. The molecule has 0 unspecified atom stereocenters. The molecular weight excluding hydrogens is 264 g/mol. The molecule has 1 fully saturated rings. The molecule has 0 aromatic heterocycles. The predicted molar refractivity (Wildman–Crippen MR) is 73.3 cm³/mol. The van der Waals surface area contributed by atoms with E-state index in [0.717, 1.165) is 38.1 Å². The van der Waals surface area contributed by atoms with Crippen molar-refractivity contribution in [2.45, 2.75) is 12.8 Å². The Morgan fingerprint density at radius 3 is 2.45 bits per heavy atom. The Morgan fingerprint density at radius 1 is 1.35 bits per heavy atom. The van der Waals surface area contributed by atoms with E-state index in [9.17, 15) is 13.6 Å². The normalized spacial score (nSPS) is 17.1. The van der Waals surface area contributed by atoms with Gasteiger partial charge in [-0.3, -0.25) is 4.79 Å². The van der Waals surface area contributed by atoms with Crippen LogP contribution in [-0.2, 0) is 0 Å². The Morgan fingerprint density at radius 2 is 1.90 bits per heavy atom. The largest absolute Gasteiger partial charge is 0.394 e. The van der Waals surface area contributed by atoms with Crippen molar-refractivity contribution in [3.63, 3.8) is 0 Å². The number of hydrogen-bond acceptors (Lipinski definition) is 3. The summed E-state index contributed by atoms with van der Waals surface area (Å²) in [5.74, 6) is -1.87. The van der Waals surface area contributed by atoms with Crippen molar-refractivity contribution in [3.8, 4) is 0 Å². The van der Waals surface area contributed by atoms with Crippen molar-refractivity contribution in [3.05, 3.63) is 29.3 Å². The van der Waals surface area contributed by atoms with Crippen LogP contribution in [0.1, 0.15) is 23.2 Å². The van der Waals surface area contributed by atoms with Crippen molar-refractivity contribution in [1.29, 1.82) is 0 Å². The van der Waals surface area contributed by atoms with E-state index in [1.54, 1.807) is 0 Å². The minimum absolute atomic E-state index is 0.0397. The molecule has 0 radical (unpaired) electrons. The van der Waals surface area contributed by atoms with Crippen molar-refractivity contribution < 1.29 is 13.6 Å². The smallest absolute Gasteiger partial charge is 0.251 e. The lowest BCUT2D eigenvalue weighted by atomic mass is 9.97. The predicted octanol–water partition coefficient (Wildman–Crippen LogP) is 1.62. The van der Waals surface area contributed by atoms with Gasteiger partial charge in [0.25, 0.3) is 5.91 Å². The fourth-order valence-electron chi connectivity index (χ4n) is 2.32. The first kappa shape index (κ1) is 14.7. The molecule has 2 rings (SSSR count). The average molecular weight is 283 g/mol. The van der Waals surface area contributed by atoms with Crippen LogP contribution in [0.4, 0.5) is 14.5 Å². The van der Waals surface area contributed by atoms with Crippen LogP contribution in [0.2, 0.25) is 0 Å². The Labute approximate surface area is 116 Å². The van der Waals surface area contributed by atoms with E-state index in [2.05, 4.69) is 17.3 Å². The van der Waals surface area contributed by atoms with Gasteiger partial charge in [-0.2, -0.15) is 0 Å². The number of nitrogens with one attached hydrogen (secondary N) is 1. The summed E-state index contributed by atoms with van der Waals surface area (Å²) in [4.78, 5) is 14.1. The quantitative estimate of drug-likeness (QED) is 0.829. The molecule has 1 aliphatic rings. The summed E-state index contributed by atoms with van der Waals surface area (Å²) in [6.45, 7) is 2.54. The molecular formula is C14H19F2N3O. The highest BCUT2D eigenvalue weighted by Gasteiger charge is 2.18. The van der Waals surface area contributed by atoms with Gasteiger partial charge in [0.1, 0.15) is 17.3 Å². The van der Waals surface area contributed by atoms with Crippen LogP contribution >= 0.6 is 0 Å². The molecule has 1 heterocycles. The highest BCUT2D eigenvalue weighted by atomic mass is 19.1. The number of anilines is 1. The van der Waals surface area contributed by atoms with Crippen molar-refractivity contribution in [2.24, 2.45) is 5.92 Å². The lowest BCUT2D eigenvalue weighted by Crippen LogP contribution is -2.36. The molecule has 0 spiro atoms. The number of rotatable bonds is 3. The number of nitrogen functional groups attached to an aromatic ring is 1. The number of benzene rings is 1. The number of carbonyl (C=O) groups is 1. The summed E-state index contributed by atoms with van der Waals surface area (Å²) >= 11 is 0. The molecule has 4 nitrogen and oxygen atoms in total. The van der Waals surface area contributed by atoms with Gasteiger partial charge in [0.05, 0.1) is 0 Å². The van der Waals surface area contributed by atoms with Crippen LogP contribution in [0, 0.1) is 17.6 Å². The van der Waals surface area contributed by atoms with Gasteiger partial charge in [0, 0.05) is 12.1 Å². The number of piperidine rings is 1. The molecule has 110 valence electrons. The standard InChI is InChI=1S/C14H19F2N3O/c1-19-4-2-9(3-5-19)8-18-14(20)10-6-11(15)13(17)12(16)7-10/h6-7,9H,2-5,8,17H2,1H3,(H,18,20). The van der Waals surface area contributed by atoms with E-state index in [4.69, 9.17) is 5.73 Å². The lowest BCUT2D eigenvalue weighted by Gasteiger charge is -2.28. The van der Waals surface area contributed by atoms with Gasteiger partial charge in [-0.25, -0.2) is 8.78 Å². The fraction of sp³-hybridized carbons (Fsp3) is 0.500. The van der Waals surface area contributed by atoms with Crippen LogP contribution in [0.3, 0.4) is 0 Å². The number of hydrogen-bond donors (Lipinski definition) is 2. The summed E-state index contributed by atoms with van der Waals surface area (Å²) < 4.78 is 26.6. The molecule has 3 N–H and O–H groups in total. The number of nitrogens with zero attached hydrogens (tertiary/aromatic N) is 1. The van der Waals surface area contributed by atoms with Crippen LogP contribution in [-0.4, -0.2) is 37.5 Å². The van der Waals surface area contributed by atoms with E-state index < -0.39 is 23.2 Å². The molecule has 0 atom stereocenters. The maximum Gasteiger partial charge on any atom is 0.251 e. The number of likely N-dealkylation sites (tertiary alicyclic amines) is 1. The second-order valence-electron chi connectivity index (χ2n) is 5.31. The first-order valence-electron chi connectivity index (χ1n) is 6.68. The number of halogens is 2. The second kappa shape index (κ2) is 6.17. The van der Waals surface area contributed by atoms with Gasteiger partial charge in [0.2, 0.25) is 0 Å². The summed E-state index contributed by atoms with van der Waals surface area (Å²) in [6, 6.07) is 1.92. The van der Waals surface area contributed by atoms with Crippen molar-refractivity contribution in [1.82, 2.24) is 10.2 Å². The number of carbonyl (C=O) groups excluding carboxylic acids is 1. The van der Waals surface area contributed by atoms with Gasteiger partial charge in [-0.15, -0.1) is 0 Å². The average Bonchev–Trinajstić information content (AvgIpc) is 2.43. The second-order valence-corrected chi connectivity index (χ2v) is 5.31. The Hall–Kier alpha value is -1.69. The van der Waals surface area contributed by atoms with Gasteiger partial charge < -0.3 is 16.0 Å². The molecule has 20 heavy (non-hydrogen) atoms. The van der Waals surface area contributed by atoms with E-state index in [1.807, 2.05) is 0 Å². The summed E-state index contributed by atoms with van der Waals surface area (Å²) in [7, 11) is 2.06. The molecule has 1 aromatic carbocycles. The summed E-state index contributed by atoms with van der Waals surface area (Å²) in [6.07, 6.45) is 2.03. The molecule has 0 saturated carbocycles. The monoisotopic (exact) mass is 283 g/mol. The Kier molecular flexibility index (Phi) is 4.54. The number of amides is 1. The Bertz CT molecular complexity index is 476. The maximum atomic E-state index is 13.3. The molecule has 1 amide bonds. The third-order valence-corrected chi connectivity index (χ3v) is 3.73. The van der Waals surface area contributed by atoms with Crippen LogP contribution in [0.5, 0.6) is 0 Å². The topological polar surface area (TPSA) is 58.4 Å². The fourth-order valence-corrected chi connectivity index (χ4v) is 2.32. The highest BCUT2D eigenvalue weighted by molar-refractivity contribution is 5.94. The Balaban J connectivity index is 1.92. The molecule has 1 aromatic rings. The van der Waals surface area contributed by atoms with E-state index in [-0.39, 0.29) is 5.56 Å². The van der Waals surface area contributed by atoms with Crippen molar-refractivity contribution >= 4 is 11.6 Å². The molecule has 0 bridgehead atoms. The van der Waals surface area contributed by atoms with Gasteiger partial charge in [-0.05, 0) is 51.0 Å². The first-order chi connectivity index (χ1) is 9.47. The van der Waals surface area contributed by atoms with Crippen LogP contribution in [0.15, 0.2) is 12.1 Å². The SMILES string of the molecule is CN1CCC(CNC(=O)c2cc(F)c(N)c(F)c2)CC1. The first-order valence-corrected chi connectivity index (χ1v) is 6.68. The molecule has 1 saturated heterocycles. The third kappa shape index (κ3) is 3.45. The zero-order valence-electron chi connectivity index (χ0n) is 11.5. The van der Waals surface area contributed by atoms with Gasteiger partial charge in [0.15, 0.2) is 0 Å². The molecule has 1 aliphatic heterocycles. The molecule has 0 aliphatic carbocycles. The van der Waals surface area contributed by atoms with Gasteiger partial charge in [-0.1, -0.05) is 0 Å². The van der Waals surface area contributed by atoms with Crippen molar-refractivity contribution in [2.75, 3.05) is 32.4 Å². The summed E-state index contributed by atoms with van der Waals surface area (Å²) in [5.41, 5.74) is 4.57.